The molecule has 1 rings (SSSR count). The molecule has 0 bridgehead atoms. The van der Waals surface area contributed by atoms with Crippen LogP contribution in [-0.2, 0) is 11.3 Å². The Morgan fingerprint density at radius 3 is 2.88 bits per heavy atom. The summed E-state index contributed by atoms with van der Waals surface area (Å²) in [5.74, 6) is 0.771. The fraction of sp³-hybridized carbons (Fsp3) is 0.462. The van der Waals surface area contributed by atoms with Crippen LogP contribution in [0.25, 0.3) is 0 Å². The lowest BCUT2D eigenvalue weighted by atomic mass is 10.1. The topological polar surface area (TPSA) is 67.8 Å². The molecular weight excluding hydrogens is 216 g/mol. The average molecular weight is 236 g/mol. The van der Waals surface area contributed by atoms with Crippen LogP contribution < -0.4 is 5.73 Å². The Hall–Kier alpha value is -1.55. The Morgan fingerprint density at radius 2 is 2.24 bits per heavy atom. The summed E-state index contributed by atoms with van der Waals surface area (Å²) in [6, 6.07) is 7.50. The van der Waals surface area contributed by atoms with Gasteiger partial charge in [-0.15, -0.1) is 0 Å². The Labute approximate surface area is 102 Å². The second-order valence-electron chi connectivity index (χ2n) is 4.42. The molecule has 0 aliphatic rings. The Morgan fingerprint density at radius 1 is 1.47 bits per heavy atom. The third-order valence-electron chi connectivity index (χ3n) is 2.44. The molecule has 17 heavy (non-hydrogen) atoms. The van der Waals surface area contributed by atoms with E-state index in [1.165, 1.54) is 0 Å². The molecule has 4 heteroatoms. The summed E-state index contributed by atoms with van der Waals surface area (Å²) < 4.78 is 5.56. The van der Waals surface area contributed by atoms with Crippen LogP contribution in [0.1, 0.15) is 31.4 Å². The average Bonchev–Trinajstić information content (AvgIpc) is 2.34. The SMILES string of the molecule is CC(C)CCOCc1cccc(/C(N)=N/O)c1. The number of benzene rings is 1. The first kappa shape index (κ1) is 13.5. The Bertz CT molecular complexity index is 375. The van der Waals surface area contributed by atoms with E-state index < -0.39 is 0 Å². The van der Waals surface area contributed by atoms with Gasteiger partial charge in [0.2, 0.25) is 0 Å². The lowest BCUT2D eigenvalue weighted by Crippen LogP contribution is -2.13. The molecule has 0 saturated heterocycles. The molecule has 3 N–H and O–H groups in total. The third kappa shape index (κ3) is 4.87. The van der Waals surface area contributed by atoms with E-state index >= 15 is 0 Å². The van der Waals surface area contributed by atoms with E-state index in [4.69, 9.17) is 15.7 Å². The first-order chi connectivity index (χ1) is 8.13. The number of ether oxygens (including phenoxy) is 1. The van der Waals surface area contributed by atoms with Crippen molar-refractivity contribution < 1.29 is 9.94 Å². The van der Waals surface area contributed by atoms with Crippen molar-refractivity contribution in [1.29, 1.82) is 0 Å². The zero-order valence-electron chi connectivity index (χ0n) is 10.4. The number of nitrogens with zero attached hydrogens (tertiary/aromatic N) is 1. The predicted molar refractivity (Wildman–Crippen MR) is 68.1 cm³/mol. The maximum atomic E-state index is 8.59. The van der Waals surface area contributed by atoms with E-state index in [2.05, 4.69) is 19.0 Å². The number of rotatable bonds is 6. The van der Waals surface area contributed by atoms with E-state index in [0.29, 0.717) is 18.1 Å². The lowest BCUT2D eigenvalue weighted by Gasteiger charge is -2.07. The van der Waals surface area contributed by atoms with Crippen LogP contribution in [0.4, 0.5) is 0 Å². The molecule has 1 aromatic carbocycles. The van der Waals surface area contributed by atoms with Gasteiger partial charge in [-0.25, -0.2) is 0 Å². The molecular formula is C13H20N2O2. The number of amidine groups is 1. The van der Waals surface area contributed by atoms with Crippen molar-refractivity contribution in [3.05, 3.63) is 35.4 Å². The predicted octanol–water partition coefficient (Wildman–Crippen LogP) is 2.34. The van der Waals surface area contributed by atoms with Crippen LogP contribution in [-0.4, -0.2) is 17.6 Å². The highest BCUT2D eigenvalue weighted by Crippen LogP contribution is 2.07. The molecule has 0 spiro atoms. The monoisotopic (exact) mass is 236 g/mol. The van der Waals surface area contributed by atoms with Gasteiger partial charge in [-0.1, -0.05) is 37.2 Å². The van der Waals surface area contributed by atoms with Crippen molar-refractivity contribution in [3.63, 3.8) is 0 Å². The summed E-state index contributed by atoms with van der Waals surface area (Å²) in [6.45, 7) is 5.65. The van der Waals surface area contributed by atoms with Gasteiger partial charge in [0, 0.05) is 12.2 Å². The molecule has 4 nitrogen and oxygen atoms in total. The first-order valence-corrected chi connectivity index (χ1v) is 5.78. The molecule has 0 radical (unpaired) electrons. The summed E-state index contributed by atoms with van der Waals surface area (Å²) in [7, 11) is 0. The van der Waals surface area contributed by atoms with Gasteiger partial charge in [0.1, 0.15) is 0 Å². The number of nitrogens with two attached hydrogens (primary N) is 1. The molecule has 0 heterocycles. The van der Waals surface area contributed by atoms with Crippen LogP contribution in [0, 0.1) is 5.92 Å². The first-order valence-electron chi connectivity index (χ1n) is 5.78. The fourth-order valence-corrected chi connectivity index (χ4v) is 1.39. The van der Waals surface area contributed by atoms with Gasteiger partial charge in [0.15, 0.2) is 5.84 Å². The van der Waals surface area contributed by atoms with Crippen molar-refractivity contribution in [1.82, 2.24) is 0 Å². The zero-order chi connectivity index (χ0) is 12.7. The minimum Gasteiger partial charge on any atom is -0.409 e. The van der Waals surface area contributed by atoms with Crippen molar-refractivity contribution >= 4 is 5.84 Å². The molecule has 0 aliphatic carbocycles. The van der Waals surface area contributed by atoms with Gasteiger partial charge < -0.3 is 15.7 Å². The van der Waals surface area contributed by atoms with Gasteiger partial charge in [0.25, 0.3) is 0 Å². The Kier molecular flexibility index (Phi) is 5.49. The molecule has 0 unspecified atom stereocenters. The van der Waals surface area contributed by atoms with Gasteiger partial charge in [0.05, 0.1) is 6.61 Å². The molecule has 0 saturated carbocycles. The van der Waals surface area contributed by atoms with Gasteiger partial charge in [-0.3, -0.25) is 0 Å². The molecule has 94 valence electrons. The van der Waals surface area contributed by atoms with Crippen LogP contribution in [0.15, 0.2) is 29.4 Å². The minimum absolute atomic E-state index is 0.119. The maximum Gasteiger partial charge on any atom is 0.170 e. The second-order valence-corrected chi connectivity index (χ2v) is 4.42. The van der Waals surface area contributed by atoms with Gasteiger partial charge >= 0.3 is 0 Å². The molecule has 0 fully saturated rings. The summed E-state index contributed by atoms with van der Waals surface area (Å²) in [5, 5.41) is 11.6. The van der Waals surface area contributed by atoms with Gasteiger partial charge in [-0.05, 0) is 24.0 Å². The summed E-state index contributed by atoms with van der Waals surface area (Å²) in [6.07, 6.45) is 1.06. The molecule has 0 amide bonds. The quantitative estimate of drug-likeness (QED) is 0.262. The highest BCUT2D eigenvalue weighted by atomic mass is 16.5. The number of oxime groups is 1. The largest absolute Gasteiger partial charge is 0.409 e. The zero-order valence-corrected chi connectivity index (χ0v) is 10.4. The van der Waals surface area contributed by atoms with E-state index in [9.17, 15) is 0 Å². The van der Waals surface area contributed by atoms with Crippen molar-refractivity contribution in [2.45, 2.75) is 26.9 Å². The van der Waals surface area contributed by atoms with Crippen LogP contribution in [0.5, 0.6) is 0 Å². The fourth-order valence-electron chi connectivity index (χ4n) is 1.39. The van der Waals surface area contributed by atoms with E-state index in [1.807, 2.05) is 18.2 Å². The summed E-state index contributed by atoms with van der Waals surface area (Å²) in [5.41, 5.74) is 7.25. The smallest absolute Gasteiger partial charge is 0.170 e. The third-order valence-corrected chi connectivity index (χ3v) is 2.44. The minimum atomic E-state index is 0.119. The van der Waals surface area contributed by atoms with E-state index in [1.54, 1.807) is 6.07 Å². The maximum absolute atomic E-state index is 8.59. The molecule has 0 aromatic heterocycles. The standard InChI is InChI=1S/C13H20N2O2/c1-10(2)6-7-17-9-11-4-3-5-12(8-11)13(14)15-16/h3-5,8,10,16H,6-7,9H2,1-2H3,(H2,14,15). The molecule has 0 atom stereocenters. The molecule has 0 aliphatic heterocycles. The van der Waals surface area contributed by atoms with Crippen molar-refractivity contribution in [2.75, 3.05) is 6.61 Å². The highest BCUT2D eigenvalue weighted by Gasteiger charge is 2.01. The van der Waals surface area contributed by atoms with Crippen LogP contribution >= 0.6 is 0 Å². The van der Waals surface area contributed by atoms with Gasteiger partial charge in [-0.2, -0.15) is 0 Å². The summed E-state index contributed by atoms with van der Waals surface area (Å²) >= 11 is 0. The summed E-state index contributed by atoms with van der Waals surface area (Å²) in [4.78, 5) is 0. The van der Waals surface area contributed by atoms with Crippen molar-refractivity contribution in [3.8, 4) is 0 Å². The number of hydrogen-bond donors (Lipinski definition) is 2. The van der Waals surface area contributed by atoms with Crippen LogP contribution in [0.2, 0.25) is 0 Å². The van der Waals surface area contributed by atoms with Crippen LogP contribution in [0.3, 0.4) is 0 Å². The number of hydrogen-bond acceptors (Lipinski definition) is 3. The highest BCUT2D eigenvalue weighted by molar-refractivity contribution is 5.97. The lowest BCUT2D eigenvalue weighted by molar-refractivity contribution is 0.110. The van der Waals surface area contributed by atoms with E-state index in [-0.39, 0.29) is 5.84 Å². The van der Waals surface area contributed by atoms with E-state index in [0.717, 1.165) is 18.6 Å². The molecule has 1 aromatic rings. The second kappa shape index (κ2) is 6.91. The normalized spacial score (nSPS) is 12.1. The van der Waals surface area contributed by atoms with Crippen molar-refractivity contribution in [2.24, 2.45) is 16.8 Å². The Balaban J connectivity index is 2.49.